The largest absolute Gasteiger partial charge is 0.385 e. The highest BCUT2D eigenvalue weighted by Gasteiger charge is 2.46. The van der Waals surface area contributed by atoms with Crippen molar-refractivity contribution in [3.8, 4) is 0 Å². The number of nitrogens with two attached hydrogens (primary N) is 1. The topological polar surface area (TPSA) is 97.7 Å². The molecule has 0 saturated carbocycles. The van der Waals surface area contributed by atoms with Gasteiger partial charge in [-0.1, -0.05) is 0 Å². The summed E-state index contributed by atoms with van der Waals surface area (Å²) in [5, 5.41) is 13.1. The van der Waals surface area contributed by atoms with Gasteiger partial charge in [-0.3, -0.25) is 4.99 Å². The molecule has 0 fully saturated rings. The molecule has 1 aliphatic rings. The number of aromatic nitrogens is 2. The molecule has 0 saturated heterocycles. The number of nitrogens with zero attached hydrogens (tertiary/aromatic N) is 3. The number of halogens is 3. The number of aliphatic hydroxyl groups excluding tert-OH is 1. The van der Waals surface area contributed by atoms with E-state index in [-0.39, 0.29) is 23.7 Å². The number of anilines is 1. The fourth-order valence-corrected chi connectivity index (χ4v) is 3.00. The van der Waals surface area contributed by atoms with Crippen molar-refractivity contribution in [3.05, 3.63) is 47.8 Å². The molecule has 27 heavy (non-hydrogen) atoms. The van der Waals surface area contributed by atoms with Gasteiger partial charge < -0.3 is 25.5 Å². The number of benzene rings is 1. The van der Waals surface area contributed by atoms with Gasteiger partial charge in [-0.25, -0.2) is 18.2 Å². The van der Waals surface area contributed by atoms with E-state index in [0.717, 1.165) is 6.07 Å². The number of aliphatic imine (C=N–C) groups is 1. The maximum Gasteiger partial charge on any atom is 0.269 e. The van der Waals surface area contributed by atoms with Gasteiger partial charge >= 0.3 is 0 Å². The first-order chi connectivity index (χ1) is 12.9. The minimum Gasteiger partial charge on any atom is -0.385 e. The van der Waals surface area contributed by atoms with Gasteiger partial charge in [0.15, 0.2) is 17.6 Å². The number of aliphatic hydroxyl groups is 1. The van der Waals surface area contributed by atoms with Gasteiger partial charge in [-0.2, -0.15) is 0 Å². The molecule has 7 nitrogen and oxygen atoms in total. The number of aryl methyl sites for hydroxylation is 1. The van der Waals surface area contributed by atoms with Crippen molar-refractivity contribution in [1.82, 2.24) is 9.55 Å². The van der Waals surface area contributed by atoms with Crippen LogP contribution in [-0.2, 0) is 16.8 Å². The highest BCUT2D eigenvalue weighted by Crippen LogP contribution is 2.38. The van der Waals surface area contributed by atoms with Gasteiger partial charge in [0, 0.05) is 30.2 Å². The number of alkyl halides is 2. The number of nitrogens with one attached hydrogen (secondary N) is 1. The Morgan fingerprint density at radius 2 is 2.22 bits per heavy atom. The van der Waals surface area contributed by atoms with Crippen molar-refractivity contribution in [3.63, 3.8) is 0 Å². The van der Waals surface area contributed by atoms with Crippen molar-refractivity contribution in [2.24, 2.45) is 10.7 Å². The Morgan fingerprint density at radius 1 is 1.44 bits per heavy atom. The third-order valence-electron chi connectivity index (χ3n) is 4.35. The number of imidazole rings is 1. The van der Waals surface area contributed by atoms with E-state index in [4.69, 9.17) is 10.5 Å². The van der Waals surface area contributed by atoms with Gasteiger partial charge in [0.1, 0.15) is 18.3 Å². The lowest BCUT2D eigenvalue weighted by atomic mass is 9.90. The highest BCUT2D eigenvalue weighted by atomic mass is 19.3. The maximum absolute atomic E-state index is 14.4. The van der Waals surface area contributed by atoms with Crippen LogP contribution in [0.1, 0.15) is 24.5 Å². The third kappa shape index (κ3) is 3.62. The Hall–Kier alpha value is -2.59. The average Bonchev–Trinajstić information content (AvgIpc) is 3.12. The van der Waals surface area contributed by atoms with Crippen LogP contribution in [0, 0.1) is 5.82 Å². The zero-order valence-corrected chi connectivity index (χ0v) is 14.6. The number of hydrogen-bond donors (Lipinski definition) is 3. The monoisotopic (exact) mass is 383 g/mol. The lowest BCUT2D eigenvalue weighted by Crippen LogP contribution is -2.45. The summed E-state index contributed by atoms with van der Waals surface area (Å²) in [6, 6.07) is 3.54. The molecule has 0 spiro atoms. The molecule has 1 aromatic heterocycles. The fourth-order valence-electron chi connectivity index (χ4n) is 3.00. The van der Waals surface area contributed by atoms with E-state index in [0.29, 0.717) is 12.4 Å². The van der Waals surface area contributed by atoms with Crippen molar-refractivity contribution in [2.75, 3.05) is 18.5 Å². The summed E-state index contributed by atoms with van der Waals surface area (Å²) in [5.41, 5.74) is 3.18. The molecule has 146 valence electrons. The Morgan fingerprint density at radius 3 is 2.89 bits per heavy atom. The number of ether oxygens (including phenoxy) is 1. The Bertz CT molecular complexity index is 842. The quantitative estimate of drug-likeness (QED) is 0.663. The summed E-state index contributed by atoms with van der Waals surface area (Å²) in [7, 11) is 0. The van der Waals surface area contributed by atoms with E-state index < -0.39 is 30.6 Å². The SMILES string of the molecule is CCn1ccnc1C(O)Nc1ccc(F)c([C@]2(C(F)F)COCC(N)=N2)c1. The molecule has 1 aliphatic heterocycles. The molecule has 0 bridgehead atoms. The molecule has 1 aromatic carbocycles. The van der Waals surface area contributed by atoms with Crippen LogP contribution in [0.25, 0.3) is 0 Å². The second kappa shape index (κ2) is 7.57. The smallest absolute Gasteiger partial charge is 0.269 e. The van der Waals surface area contributed by atoms with E-state index in [1.54, 1.807) is 10.8 Å². The standard InChI is InChI=1S/C17H20F3N5O2/c1-2-25-6-5-22-14(25)15(26)23-10-3-4-12(18)11(7-10)17(16(19)20)9-27-8-13(21)24-17/h3-7,15-16,23,26H,2,8-9H2,1H3,(H2,21,24)/t15?,17-/m0/s1. The van der Waals surface area contributed by atoms with E-state index in [2.05, 4.69) is 15.3 Å². The predicted octanol–water partition coefficient (Wildman–Crippen LogP) is 1.99. The lowest BCUT2D eigenvalue weighted by molar-refractivity contribution is -0.0145. The Kier molecular flexibility index (Phi) is 5.38. The first-order valence-electron chi connectivity index (χ1n) is 8.33. The summed E-state index contributed by atoms with van der Waals surface area (Å²) in [6.07, 6.45) is -1.02. The molecule has 4 N–H and O–H groups in total. The normalized spacial score (nSPS) is 21.2. The summed E-state index contributed by atoms with van der Waals surface area (Å²) in [6.45, 7) is 1.87. The van der Waals surface area contributed by atoms with Crippen LogP contribution in [0.3, 0.4) is 0 Å². The molecule has 2 heterocycles. The van der Waals surface area contributed by atoms with Crippen LogP contribution in [0.5, 0.6) is 0 Å². The van der Waals surface area contributed by atoms with Gasteiger partial charge in [0.05, 0.1) is 6.61 Å². The zero-order chi connectivity index (χ0) is 19.6. The summed E-state index contributed by atoms with van der Waals surface area (Å²) in [5.74, 6) is -0.660. The molecule has 0 amide bonds. The lowest BCUT2D eigenvalue weighted by Gasteiger charge is -2.33. The molecular formula is C17H20F3N5O2. The van der Waals surface area contributed by atoms with Gasteiger partial charge in [0.25, 0.3) is 6.43 Å². The van der Waals surface area contributed by atoms with E-state index in [9.17, 15) is 18.3 Å². The minimum absolute atomic E-state index is 0.0909. The van der Waals surface area contributed by atoms with Crippen LogP contribution >= 0.6 is 0 Å². The number of hydrogen-bond acceptors (Lipinski definition) is 6. The average molecular weight is 383 g/mol. The summed E-state index contributed by atoms with van der Waals surface area (Å²) >= 11 is 0. The second-order valence-corrected chi connectivity index (χ2v) is 6.13. The van der Waals surface area contributed by atoms with Crippen LogP contribution < -0.4 is 11.1 Å². The van der Waals surface area contributed by atoms with Gasteiger partial charge in [-0.15, -0.1) is 0 Å². The van der Waals surface area contributed by atoms with Crippen LogP contribution in [0.15, 0.2) is 35.6 Å². The minimum atomic E-state index is -3.04. The number of rotatable bonds is 6. The molecule has 1 unspecified atom stereocenters. The van der Waals surface area contributed by atoms with Crippen LogP contribution in [0.4, 0.5) is 18.9 Å². The van der Waals surface area contributed by atoms with Crippen LogP contribution in [0.2, 0.25) is 0 Å². The van der Waals surface area contributed by atoms with Gasteiger partial charge in [-0.05, 0) is 25.1 Å². The van der Waals surface area contributed by atoms with Gasteiger partial charge in [0.2, 0.25) is 0 Å². The predicted molar refractivity (Wildman–Crippen MR) is 93.0 cm³/mol. The third-order valence-corrected chi connectivity index (χ3v) is 4.35. The van der Waals surface area contributed by atoms with E-state index in [1.807, 2.05) is 6.92 Å². The molecule has 3 rings (SSSR count). The van der Waals surface area contributed by atoms with E-state index in [1.165, 1.54) is 18.3 Å². The first-order valence-corrected chi connectivity index (χ1v) is 8.33. The molecular weight excluding hydrogens is 363 g/mol. The maximum atomic E-state index is 14.4. The van der Waals surface area contributed by atoms with Crippen molar-refractivity contribution < 1.29 is 23.0 Å². The summed E-state index contributed by atoms with van der Waals surface area (Å²) < 4.78 is 48.9. The molecule has 2 aromatic rings. The van der Waals surface area contributed by atoms with Crippen molar-refractivity contribution in [1.29, 1.82) is 0 Å². The molecule has 2 atom stereocenters. The molecule has 10 heteroatoms. The Balaban J connectivity index is 1.96. The highest BCUT2D eigenvalue weighted by molar-refractivity contribution is 5.82. The van der Waals surface area contributed by atoms with Crippen molar-refractivity contribution in [2.45, 2.75) is 31.7 Å². The second-order valence-electron chi connectivity index (χ2n) is 6.13. The summed E-state index contributed by atoms with van der Waals surface area (Å²) in [4.78, 5) is 7.88. The molecule has 0 aliphatic carbocycles. The van der Waals surface area contributed by atoms with Crippen LogP contribution in [-0.4, -0.2) is 40.1 Å². The molecule has 0 radical (unpaired) electrons. The fraction of sp³-hybridized carbons (Fsp3) is 0.412. The Labute approximate surface area is 153 Å². The zero-order valence-electron chi connectivity index (χ0n) is 14.6. The van der Waals surface area contributed by atoms with E-state index >= 15 is 0 Å². The number of amidine groups is 1. The first kappa shape index (κ1) is 19.2. The van der Waals surface area contributed by atoms with Crippen molar-refractivity contribution >= 4 is 11.5 Å².